The summed E-state index contributed by atoms with van der Waals surface area (Å²) in [4.78, 5) is 14.2. The van der Waals surface area contributed by atoms with E-state index < -0.39 is 32.5 Å². The van der Waals surface area contributed by atoms with Crippen LogP contribution in [0.3, 0.4) is 0 Å². The van der Waals surface area contributed by atoms with Crippen LogP contribution in [0.25, 0.3) is 0 Å². The van der Waals surface area contributed by atoms with Gasteiger partial charge in [-0.15, -0.1) is 11.8 Å². The number of hydrogen-bond donors (Lipinski definition) is 2. The lowest BCUT2D eigenvalue weighted by Gasteiger charge is -2.26. The van der Waals surface area contributed by atoms with E-state index in [0.29, 0.717) is 23.7 Å². The highest BCUT2D eigenvalue weighted by Gasteiger charge is 2.29. The Kier molecular flexibility index (Phi) is 10.0. The summed E-state index contributed by atoms with van der Waals surface area (Å²) in [5.74, 6) is -0.312. The molecule has 0 saturated heterocycles. The monoisotopic (exact) mass is 639 g/mol. The van der Waals surface area contributed by atoms with E-state index in [2.05, 4.69) is 10.0 Å². The Labute approximate surface area is 257 Å². The largest absolute Gasteiger partial charge is 0.492 e. The summed E-state index contributed by atoms with van der Waals surface area (Å²) < 4.78 is 62.9. The maximum atomic E-state index is 13.8. The van der Waals surface area contributed by atoms with E-state index >= 15 is 0 Å². The minimum Gasteiger partial charge on any atom is -0.492 e. The Morgan fingerprint density at radius 1 is 0.860 bits per heavy atom. The summed E-state index contributed by atoms with van der Waals surface area (Å²) in [6.07, 6.45) is 1.89. The van der Waals surface area contributed by atoms with Crippen molar-refractivity contribution in [1.82, 2.24) is 0 Å². The molecule has 4 aromatic rings. The number of rotatable bonds is 12. The minimum absolute atomic E-state index is 0.00920. The Balaban J connectivity index is 1.58. The molecule has 226 valence electrons. The zero-order valence-corrected chi connectivity index (χ0v) is 26.6. The van der Waals surface area contributed by atoms with Gasteiger partial charge in [0.25, 0.3) is 20.0 Å². The van der Waals surface area contributed by atoms with Gasteiger partial charge in [-0.3, -0.25) is 13.8 Å². The predicted octanol–water partition coefficient (Wildman–Crippen LogP) is 6.06. The number of sulfonamides is 2. The van der Waals surface area contributed by atoms with Crippen LogP contribution in [0.15, 0.2) is 106 Å². The Bertz CT molecular complexity index is 1810. The Hall–Kier alpha value is -4.00. The van der Waals surface area contributed by atoms with Crippen LogP contribution in [0.1, 0.15) is 18.1 Å². The standard InChI is InChI=1S/C31H33N3O6S3/c1-5-40-30-9-7-6-8-29(30)34(43(38,39)27-18-14-25(41-4)15-19-27)21-31(35)32-24-12-16-26(17-13-24)42(36,37)33-28-20-22(2)10-11-23(28)3/h6-20,33H,5,21H2,1-4H3,(H,32,35). The lowest BCUT2D eigenvalue weighted by Crippen LogP contribution is -2.38. The molecule has 0 aliphatic heterocycles. The fourth-order valence-corrected chi connectivity index (χ4v) is 7.17. The molecule has 9 nitrogen and oxygen atoms in total. The third kappa shape index (κ3) is 7.70. The second kappa shape index (κ2) is 13.5. The molecule has 0 spiro atoms. The molecule has 0 radical (unpaired) electrons. The molecule has 4 rings (SSSR count). The predicted molar refractivity (Wildman–Crippen MR) is 172 cm³/mol. The normalized spacial score (nSPS) is 11.5. The number of hydrogen-bond acceptors (Lipinski definition) is 7. The number of carbonyl (C=O) groups is 1. The first-order chi connectivity index (χ1) is 20.4. The maximum absolute atomic E-state index is 13.8. The van der Waals surface area contributed by atoms with Crippen LogP contribution in [0.2, 0.25) is 0 Å². The molecule has 0 fully saturated rings. The summed E-state index contributed by atoms with van der Waals surface area (Å²) in [6.45, 7) is 5.21. The third-order valence-electron chi connectivity index (χ3n) is 6.45. The first-order valence-corrected chi connectivity index (χ1v) is 17.5. The highest BCUT2D eigenvalue weighted by atomic mass is 32.2. The Morgan fingerprint density at radius 2 is 1.51 bits per heavy atom. The zero-order chi connectivity index (χ0) is 31.2. The molecule has 4 aromatic carbocycles. The van der Waals surface area contributed by atoms with Crippen molar-refractivity contribution >= 4 is 54.8 Å². The van der Waals surface area contributed by atoms with Gasteiger partial charge in [0.1, 0.15) is 12.3 Å². The molecule has 0 atom stereocenters. The number of amides is 1. The van der Waals surface area contributed by atoms with Gasteiger partial charge in [0.15, 0.2) is 0 Å². The lowest BCUT2D eigenvalue weighted by atomic mass is 10.1. The second-order valence-corrected chi connectivity index (χ2v) is 14.0. The molecule has 43 heavy (non-hydrogen) atoms. The van der Waals surface area contributed by atoms with Gasteiger partial charge in [-0.05, 0) is 105 Å². The fourth-order valence-electron chi connectivity index (χ4n) is 4.21. The number of carbonyl (C=O) groups excluding carboxylic acids is 1. The summed E-state index contributed by atoms with van der Waals surface area (Å²) in [5, 5.41) is 2.68. The quantitative estimate of drug-likeness (QED) is 0.181. The van der Waals surface area contributed by atoms with E-state index in [-0.39, 0.29) is 15.5 Å². The van der Waals surface area contributed by atoms with Crippen LogP contribution in [0.5, 0.6) is 5.75 Å². The van der Waals surface area contributed by atoms with Crippen molar-refractivity contribution in [2.45, 2.75) is 35.5 Å². The number of para-hydroxylation sites is 2. The molecule has 2 N–H and O–H groups in total. The van der Waals surface area contributed by atoms with Crippen LogP contribution in [-0.4, -0.2) is 42.2 Å². The fraction of sp³-hybridized carbons (Fsp3) is 0.194. The number of nitrogens with zero attached hydrogens (tertiary/aromatic N) is 1. The van der Waals surface area contributed by atoms with Gasteiger partial charge in [-0.1, -0.05) is 24.3 Å². The average Bonchev–Trinajstić information content (AvgIpc) is 2.98. The van der Waals surface area contributed by atoms with Crippen LogP contribution in [0.4, 0.5) is 17.1 Å². The number of anilines is 3. The van der Waals surface area contributed by atoms with Crippen LogP contribution in [-0.2, 0) is 24.8 Å². The van der Waals surface area contributed by atoms with E-state index in [1.54, 1.807) is 49.4 Å². The average molecular weight is 640 g/mol. The SMILES string of the molecule is CCOc1ccccc1N(CC(=O)Nc1ccc(S(=O)(=O)Nc2cc(C)ccc2C)cc1)S(=O)(=O)c1ccc(SC)cc1. The molecule has 12 heteroatoms. The smallest absolute Gasteiger partial charge is 0.264 e. The summed E-state index contributed by atoms with van der Waals surface area (Å²) in [5.41, 5.74) is 2.69. The number of thioether (sulfide) groups is 1. The van der Waals surface area contributed by atoms with Crippen molar-refractivity contribution in [3.05, 3.63) is 102 Å². The Morgan fingerprint density at radius 3 is 2.16 bits per heavy atom. The van der Waals surface area contributed by atoms with Crippen LogP contribution >= 0.6 is 11.8 Å². The molecule has 0 heterocycles. The van der Waals surface area contributed by atoms with Gasteiger partial charge >= 0.3 is 0 Å². The van der Waals surface area contributed by atoms with Crippen molar-refractivity contribution in [3.63, 3.8) is 0 Å². The molecular weight excluding hydrogens is 607 g/mol. The van der Waals surface area contributed by atoms with Gasteiger partial charge in [0.05, 0.1) is 27.8 Å². The molecular formula is C31H33N3O6S3. The molecule has 0 bridgehead atoms. The molecule has 0 unspecified atom stereocenters. The molecule has 0 saturated carbocycles. The number of nitrogens with one attached hydrogen (secondary N) is 2. The third-order valence-corrected chi connectivity index (χ3v) is 10.4. The van der Waals surface area contributed by atoms with Crippen LogP contribution in [0, 0.1) is 13.8 Å². The summed E-state index contributed by atoms with van der Waals surface area (Å²) in [7, 11) is -8.06. The molecule has 0 aromatic heterocycles. The number of aryl methyl sites for hydroxylation is 2. The molecule has 0 aliphatic rings. The second-order valence-electron chi connectivity index (χ2n) is 9.58. The van der Waals surface area contributed by atoms with Crippen LogP contribution < -0.4 is 19.1 Å². The topological polar surface area (TPSA) is 122 Å². The van der Waals surface area contributed by atoms with Crippen molar-refractivity contribution in [3.8, 4) is 5.75 Å². The molecule has 1 amide bonds. The van der Waals surface area contributed by atoms with Gasteiger partial charge in [-0.25, -0.2) is 16.8 Å². The van der Waals surface area contributed by atoms with Gasteiger partial charge < -0.3 is 10.1 Å². The van der Waals surface area contributed by atoms with Gasteiger partial charge in [-0.2, -0.15) is 0 Å². The van der Waals surface area contributed by atoms with Crippen molar-refractivity contribution in [2.24, 2.45) is 0 Å². The van der Waals surface area contributed by atoms with E-state index in [1.165, 1.54) is 48.2 Å². The highest BCUT2D eigenvalue weighted by Crippen LogP contribution is 2.33. The molecule has 0 aliphatic carbocycles. The van der Waals surface area contributed by atoms with Crippen molar-refractivity contribution in [1.29, 1.82) is 0 Å². The van der Waals surface area contributed by atoms with Gasteiger partial charge in [0.2, 0.25) is 5.91 Å². The zero-order valence-electron chi connectivity index (χ0n) is 24.2. The van der Waals surface area contributed by atoms with E-state index in [9.17, 15) is 21.6 Å². The highest BCUT2D eigenvalue weighted by molar-refractivity contribution is 7.98. The van der Waals surface area contributed by atoms with Crippen molar-refractivity contribution < 1.29 is 26.4 Å². The summed E-state index contributed by atoms with van der Waals surface area (Å²) in [6, 6.07) is 24.1. The minimum atomic E-state index is -4.17. The number of benzene rings is 4. The summed E-state index contributed by atoms with van der Waals surface area (Å²) >= 11 is 1.48. The van der Waals surface area contributed by atoms with Crippen molar-refractivity contribution in [2.75, 3.05) is 33.8 Å². The van der Waals surface area contributed by atoms with E-state index in [4.69, 9.17) is 4.74 Å². The first kappa shape index (κ1) is 31.9. The van der Waals surface area contributed by atoms with E-state index in [0.717, 1.165) is 20.3 Å². The van der Waals surface area contributed by atoms with E-state index in [1.807, 2.05) is 32.2 Å². The van der Waals surface area contributed by atoms with Gasteiger partial charge in [0, 0.05) is 10.6 Å². The maximum Gasteiger partial charge on any atom is 0.264 e. The first-order valence-electron chi connectivity index (χ1n) is 13.3. The number of ether oxygens (including phenoxy) is 1. The lowest BCUT2D eigenvalue weighted by molar-refractivity contribution is -0.114.